The van der Waals surface area contributed by atoms with E-state index in [2.05, 4.69) is 20.8 Å². The van der Waals surface area contributed by atoms with Gasteiger partial charge in [0.05, 0.1) is 23.3 Å². The molecule has 98 valence electrons. The van der Waals surface area contributed by atoms with E-state index >= 15 is 0 Å². The lowest BCUT2D eigenvalue weighted by Gasteiger charge is -2.03. The van der Waals surface area contributed by atoms with Gasteiger partial charge in [-0.25, -0.2) is 0 Å². The van der Waals surface area contributed by atoms with Gasteiger partial charge in [0, 0.05) is 19.2 Å². The molecule has 0 saturated carbocycles. The van der Waals surface area contributed by atoms with Crippen LogP contribution in [-0.2, 0) is 11.3 Å². The summed E-state index contributed by atoms with van der Waals surface area (Å²) in [5.74, 6) is -0.0221. The highest BCUT2D eigenvalue weighted by molar-refractivity contribution is 7.13. The van der Waals surface area contributed by atoms with Gasteiger partial charge >= 0.3 is 0 Å². The first-order chi connectivity index (χ1) is 8.31. The first-order valence-electron chi connectivity index (χ1n) is 5.28. The maximum Gasteiger partial charge on any atom is 0.233 e. The Morgan fingerprint density at radius 1 is 1.56 bits per heavy atom. The average Bonchev–Trinajstić information content (AvgIpc) is 2.98. The zero-order valence-corrected chi connectivity index (χ0v) is 11.5. The quantitative estimate of drug-likeness (QED) is 0.778. The van der Waals surface area contributed by atoms with Crippen LogP contribution in [0.1, 0.15) is 5.56 Å². The third-order valence-corrected chi connectivity index (χ3v) is 3.25. The van der Waals surface area contributed by atoms with Gasteiger partial charge in [-0.15, -0.1) is 23.7 Å². The third-order valence-electron chi connectivity index (χ3n) is 2.37. The van der Waals surface area contributed by atoms with Gasteiger partial charge in [-0.1, -0.05) is 6.07 Å². The summed E-state index contributed by atoms with van der Waals surface area (Å²) in [4.78, 5) is 12.2. The topological polar surface area (TPSA) is 69.8 Å². The fourth-order valence-electron chi connectivity index (χ4n) is 1.48. The standard InChI is InChI=1S/C11H14N4OS.ClH/c1-12-10(16)7-13-5-8-6-14-15-11(8)9-3-2-4-17-9;/h2-4,6,13H,5,7H2,1H3,(H,12,16)(H,14,15);1H. The van der Waals surface area contributed by atoms with Gasteiger partial charge in [-0.3, -0.25) is 9.89 Å². The molecule has 0 aliphatic carbocycles. The van der Waals surface area contributed by atoms with Gasteiger partial charge in [0.2, 0.25) is 5.91 Å². The molecule has 0 saturated heterocycles. The predicted octanol–water partition coefficient (Wildman–Crippen LogP) is 1.40. The summed E-state index contributed by atoms with van der Waals surface area (Å²) in [6, 6.07) is 4.04. The Labute approximate surface area is 115 Å². The number of hydrogen-bond donors (Lipinski definition) is 3. The highest BCUT2D eigenvalue weighted by atomic mass is 35.5. The van der Waals surface area contributed by atoms with E-state index in [1.54, 1.807) is 24.6 Å². The normalized spacial score (nSPS) is 9.83. The molecule has 0 spiro atoms. The second-order valence-corrected chi connectivity index (χ2v) is 4.47. The summed E-state index contributed by atoms with van der Waals surface area (Å²) in [6.07, 6.45) is 1.78. The monoisotopic (exact) mass is 286 g/mol. The Kier molecular flexibility index (Phi) is 5.84. The molecule has 7 heteroatoms. The van der Waals surface area contributed by atoms with Crippen LogP contribution in [0.25, 0.3) is 10.6 Å². The van der Waals surface area contributed by atoms with Crippen molar-refractivity contribution in [2.45, 2.75) is 6.54 Å². The number of H-pyrrole nitrogens is 1. The number of carbonyl (C=O) groups is 1. The molecule has 5 nitrogen and oxygen atoms in total. The summed E-state index contributed by atoms with van der Waals surface area (Å²) in [5.41, 5.74) is 2.08. The van der Waals surface area contributed by atoms with E-state index in [0.717, 1.165) is 16.1 Å². The number of amides is 1. The number of aromatic amines is 1. The van der Waals surface area contributed by atoms with E-state index in [9.17, 15) is 4.79 Å². The summed E-state index contributed by atoms with van der Waals surface area (Å²) < 4.78 is 0. The minimum absolute atomic E-state index is 0. The number of halogens is 1. The van der Waals surface area contributed by atoms with E-state index in [1.807, 2.05) is 17.5 Å². The Bertz CT molecular complexity index is 483. The Morgan fingerprint density at radius 3 is 3.06 bits per heavy atom. The van der Waals surface area contributed by atoms with Crippen LogP contribution in [-0.4, -0.2) is 29.7 Å². The second-order valence-electron chi connectivity index (χ2n) is 3.52. The molecule has 2 heterocycles. The molecule has 0 radical (unpaired) electrons. The third kappa shape index (κ3) is 3.56. The molecular formula is C11H15ClN4OS. The van der Waals surface area contributed by atoms with Crippen molar-refractivity contribution in [3.05, 3.63) is 29.3 Å². The van der Waals surface area contributed by atoms with E-state index < -0.39 is 0 Å². The van der Waals surface area contributed by atoms with Gasteiger partial charge in [-0.2, -0.15) is 5.10 Å². The van der Waals surface area contributed by atoms with Crippen LogP contribution in [0.4, 0.5) is 0 Å². The highest BCUT2D eigenvalue weighted by Gasteiger charge is 2.08. The van der Waals surface area contributed by atoms with Crippen molar-refractivity contribution in [2.75, 3.05) is 13.6 Å². The fourth-order valence-corrected chi connectivity index (χ4v) is 2.23. The molecule has 0 aromatic carbocycles. The number of carbonyl (C=O) groups excluding carboxylic acids is 1. The molecule has 18 heavy (non-hydrogen) atoms. The summed E-state index contributed by atoms with van der Waals surface area (Å²) in [6.45, 7) is 0.933. The SMILES string of the molecule is CNC(=O)CNCc1cn[nH]c1-c1cccs1.Cl. The van der Waals surface area contributed by atoms with Crippen LogP contribution < -0.4 is 10.6 Å². The van der Waals surface area contributed by atoms with Crippen molar-refractivity contribution in [3.8, 4) is 10.6 Å². The lowest BCUT2D eigenvalue weighted by atomic mass is 10.2. The van der Waals surface area contributed by atoms with Crippen molar-refractivity contribution in [1.82, 2.24) is 20.8 Å². The first-order valence-corrected chi connectivity index (χ1v) is 6.16. The van der Waals surface area contributed by atoms with Crippen LogP contribution in [0.2, 0.25) is 0 Å². The fraction of sp³-hybridized carbons (Fsp3) is 0.273. The molecule has 0 aliphatic rings. The van der Waals surface area contributed by atoms with Crippen LogP contribution in [0.3, 0.4) is 0 Å². The van der Waals surface area contributed by atoms with Gasteiger partial charge in [-0.05, 0) is 11.4 Å². The molecule has 0 bridgehead atoms. The summed E-state index contributed by atoms with van der Waals surface area (Å²) >= 11 is 1.66. The number of hydrogen-bond acceptors (Lipinski definition) is 4. The zero-order valence-electron chi connectivity index (χ0n) is 9.90. The molecule has 2 aromatic rings. The Morgan fingerprint density at radius 2 is 2.39 bits per heavy atom. The average molecular weight is 287 g/mol. The number of rotatable bonds is 5. The van der Waals surface area contributed by atoms with Gasteiger partial charge < -0.3 is 10.6 Å². The number of likely N-dealkylation sites (N-methyl/N-ethyl adjacent to an activating group) is 1. The van der Waals surface area contributed by atoms with Crippen molar-refractivity contribution < 1.29 is 4.79 Å². The maximum absolute atomic E-state index is 11.1. The van der Waals surface area contributed by atoms with Crippen LogP contribution in [0.15, 0.2) is 23.7 Å². The molecule has 0 unspecified atom stereocenters. The molecule has 0 aliphatic heterocycles. The minimum atomic E-state index is -0.0221. The molecule has 2 aromatic heterocycles. The van der Waals surface area contributed by atoms with E-state index in [-0.39, 0.29) is 18.3 Å². The maximum atomic E-state index is 11.1. The zero-order chi connectivity index (χ0) is 12.1. The smallest absolute Gasteiger partial charge is 0.233 e. The number of aromatic nitrogens is 2. The van der Waals surface area contributed by atoms with E-state index in [1.165, 1.54) is 0 Å². The highest BCUT2D eigenvalue weighted by Crippen LogP contribution is 2.25. The molecule has 0 atom stereocenters. The first kappa shape index (κ1) is 14.7. The van der Waals surface area contributed by atoms with Crippen molar-refractivity contribution in [1.29, 1.82) is 0 Å². The second kappa shape index (κ2) is 7.15. The van der Waals surface area contributed by atoms with Crippen LogP contribution in [0.5, 0.6) is 0 Å². The van der Waals surface area contributed by atoms with Crippen molar-refractivity contribution in [2.24, 2.45) is 0 Å². The van der Waals surface area contributed by atoms with Gasteiger partial charge in [0.25, 0.3) is 0 Å². The number of thiophene rings is 1. The molecule has 1 amide bonds. The van der Waals surface area contributed by atoms with Crippen LogP contribution in [0, 0.1) is 0 Å². The summed E-state index contributed by atoms with van der Waals surface area (Å²) in [7, 11) is 1.62. The Hall–Kier alpha value is -1.37. The lowest BCUT2D eigenvalue weighted by Crippen LogP contribution is -2.30. The van der Waals surface area contributed by atoms with Crippen LogP contribution >= 0.6 is 23.7 Å². The molecule has 2 rings (SSSR count). The lowest BCUT2D eigenvalue weighted by molar-refractivity contribution is -0.119. The largest absolute Gasteiger partial charge is 0.358 e. The van der Waals surface area contributed by atoms with Gasteiger partial charge in [0.1, 0.15) is 0 Å². The molecular weight excluding hydrogens is 272 g/mol. The summed E-state index contributed by atoms with van der Waals surface area (Å²) in [5, 5.41) is 14.7. The minimum Gasteiger partial charge on any atom is -0.358 e. The number of nitrogens with zero attached hydrogens (tertiary/aromatic N) is 1. The predicted molar refractivity (Wildman–Crippen MR) is 74.9 cm³/mol. The molecule has 0 fully saturated rings. The van der Waals surface area contributed by atoms with E-state index in [0.29, 0.717) is 13.1 Å². The van der Waals surface area contributed by atoms with Gasteiger partial charge in [0.15, 0.2) is 0 Å². The molecule has 3 N–H and O–H groups in total. The van der Waals surface area contributed by atoms with E-state index in [4.69, 9.17) is 0 Å². The van der Waals surface area contributed by atoms with Crippen molar-refractivity contribution >= 4 is 29.7 Å². The Balaban J connectivity index is 0.00000162. The van der Waals surface area contributed by atoms with Crippen molar-refractivity contribution in [3.63, 3.8) is 0 Å². The number of nitrogens with one attached hydrogen (secondary N) is 3.